The summed E-state index contributed by atoms with van der Waals surface area (Å²) in [7, 11) is 0. The van der Waals surface area contributed by atoms with E-state index in [9.17, 15) is 9.18 Å². The monoisotopic (exact) mass is 493 g/mol. The van der Waals surface area contributed by atoms with E-state index in [2.05, 4.69) is 25.2 Å². The summed E-state index contributed by atoms with van der Waals surface area (Å²) in [6.07, 6.45) is 1.47. The summed E-state index contributed by atoms with van der Waals surface area (Å²) in [6.45, 7) is 2.30. The molecule has 0 saturated carbocycles. The number of hydrogen-bond acceptors (Lipinski definition) is 6. The maximum Gasteiger partial charge on any atom is 0.234 e. The van der Waals surface area contributed by atoms with Crippen molar-refractivity contribution in [2.45, 2.75) is 5.92 Å². The summed E-state index contributed by atoms with van der Waals surface area (Å²) in [5.41, 5.74) is 3.54. The first-order chi connectivity index (χ1) is 18.2. The van der Waals surface area contributed by atoms with Gasteiger partial charge in [-0.3, -0.25) is 4.79 Å². The molecule has 3 heterocycles. The lowest BCUT2D eigenvalue weighted by Crippen LogP contribution is -2.50. The van der Waals surface area contributed by atoms with Gasteiger partial charge in [0.1, 0.15) is 12.1 Å². The van der Waals surface area contributed by atoms with Gasteiger partial charge in [0.15, 0.2) is 17.0 Å². The molecule has 0 atom stereocenters. The third-order valence-corrected chi connectivity index (χ3v) is 6.67. The van der Waals surface area contributed by atoms with E-state index in [0.717, 1.165) is 11.1 Å². The Balaban J connectivity index is 1.23. The Morgan fingerprint density at radius 1 is 0.811 bits per heavy atom. The van der Waals surface area contributed by atoms with Gasteiger partial charge < -0.3 is 9.80 Å². The molecule has 3 aromatic carbocycles. The first-order valence-corrected chi connectivity index (χ1v) is 12.1. The number of fused-ring (bicyclic) bond motifs is 1. The summed E-state index contributed by atoms with van der Waals surface area (Å²) in [5, 5.41) is 8.51. The molecular formula is C28H24FN7O. The van der Waals surface area contributed by atoms with Gasteiger partial charge in [0, 0.05) is 26.2 Å². The van der Waals surface area contributed by atoms with Crippen molar-refractivity contribution in [1.29, 1.82) is 0 Å². The van der Waals surface area contributed by atoms with Gasteiger partial charge in [-0.15, -0.1) is 5.10 Å². The van der Waals surface area contributed by atoms with Gasteiger partial charge in [-0.1, -0.05) is 71.9 Å². The van der Waals surface area contributed by atoms with Crippen LogP contribution in [0.3, 0.4) is 0 Å². The van der Waals surface area contributed by atoms with Crippen LogP contribution < -0.4 is 4.90 Å². The highest BCUT2D eigenvalue weighted by atomic mass is 19.1. The van der Waals surface area contributed by atoms with E-state index in [-0.39, 0.29) is 17.6 Å². The molecule has 184 valence electrons. The molecule has 0 radical (unpaired) electrons. The third kappa shape index (κ3) is 4.40. The molecule has 0 unspecified atom stereocenters. The van der Waals surface area contributed by atoms with Crippen LogP contribution in [0.5, 0.6) is 0 Å². The van der Waals surface area contributed by atoms with Crippen LogP contribution >= 0.6 is 0 Å². The van der Waals surface area contributed by atoms with Gasteiger partial charge in [-0.25, -0.2) is 14.4 Å². The molecule has 1 amide bonds. The van der Waals surface area contributed by atoms with Crippen molar-refractivity contribution in [3.8, 4) is 5.69 Å². The van der Waals surface area contributed by atoms with Crippen molar-refractivity contribution in [3.63, 3.8) is 0 Å². The molecule has 8 nitrogen and oxygen atoms in total. The number of amides is 1. The number of hydrogen-bond donors (Lipinski definition) is 0. The number of piperazine rings is 1. The SMILES string of the molecule is O=C(C(c1ccccc1)c1ccccc1)N1CCN(c2ncnc3c2nnn3-c2cccc(F)c2)CC1. The summed E-state index contributed by atoms with van der Waals surface area (Å²) < 4.78 is 15.3. The minimum atomic E-state index is -0.361. The van der Waals surface area contributed by atoms with Crippen molar-refractivity contribution in [2.75, 3.05) is 31.1 Å². The second-order valence-corrected chi connectivity index (χ2v) is 8.92. The zero-order valence-electron chi connectivity index (χ0n) is 20.0. The van der Waals surface area contributed by atoms with Crippen LogP contribution in [0.2, 0.25) is 0 Å². The van der Waals surface area contributed by atoms with Gasteiger partial charge in [-0.2, -0.15) is 4.68 Å². The Labute approximate surface area is 213 Å². The van der Waals surface area contributed by atoms with Crippen molar-refractivity contribution in [1.82, 2.24) is 29.9 Å². The molecular weight excluding hydrogens is 469 g/mol. The highest BCUT2D eigenvalue weighted by molar-refractivity contribution is 5.88. The van der Waals surface area contributed by atoms with Gasteiger partial charge in [0.25, 0.3) is 0 Å². The molecule has 0 aliphatic carbocycles. The second kappa shape index (κ2) is 9.77. The molecule has 5 aromatic rings. The standard InChI is InChI=1S/C28H24FN7O/c29-22-12-7-13-23(18-22)36-27-25(32-33-36)26(30-19-31-27)34-14-16-35(17-15-34)28(37)24(20-8-3-1-4-9-20)21-10-5-2-6-11-21/h1-13,18-19,24H,14-17H2. The third-order valence-electron chi connectivity index (χ3n) is 6.67. The van der Waals surface area contributed by atoms with Crippen LogP contribution in [0, 0.1) is 5.82 Å². The first kappa shape index (κ1) is 22.8. The van der Waals surface area contributed by atoms with Gasteiger partial charge in [0.2, 0.25) is 5.91 Å². The lowest BCUT2D eigenvalue weighted by Gasteiger charge is -2.37. The molecule has 2 aromatic heterocycles. The zero-order valence-corrected chi connectivity index (χ0v) is 20.0. The van der Waals surface area contributed by atoms with E-state index in [1.54, 1.807) is 12.1 Å². The Kier molecular flexibility index (Phi) is 6.02. The number of benzene rings is 3. The molecule has 37 heavy (non-hydrogen) atoms. The van der Waals surface area contributed by atoms with E-state index < -0.39 is 0 Å². The van der Waals surface area contributed by atoms with E-state index in [1.807, 2.05) is 65.6 Å². The topological polar surface area (TPSA) is 80.0 Å². The average molecular weight is 494 g/mol. The number of anilines is 1. The summed E-state index contributed by atoms with van der Waals surface area (Å²) in [4.78, 5) is 26.6. The molecule has 6 rings (SSSR count). The van der Waals surface area contributed by atoms with Gasteiger partial charge in [-0.05, 0) is 29.3 Å². The number of rotatable bonds is 5. The Bertz CT molecular complexity index is 1490. The van der Waals surface area contributed by atoms with Crippen LogP contribution in [-0.2, 0) is 4.79 Å². The van der Waals surface area contributed by atoms with Crippen molar-refractivity contribution >= 4 is 22.9 Å². The van der Waals surface area contributed by atoms with Crippen LogP contribution in [0.25, 0.3) is 16.9 Å². The molecule has 0 bridgehead atoms. The summed E-state index contributed by atoms with van der Waals surface area (Å²) >= 11 is 0. The quantitative estimate of drug-likeness (QED) is 0.370. The number of nitrogens with zero attached hydrogens (tertiary/aromatic N) is 7. The van der Waals surface area contributed by atoms with Crippen molar-refractivity contribution in [2.24, 2.45) is 0 Å². The number of carbonyl (C=O) groups is 1. The summed E-state index contributed by atoms with van der Waals surface area (Å²) in [6, 6.07) is 25.9. The minimum Gasteiger partial charge on any atom is -0.351 e. The number of carbonyl (C=O) groups excluding carboxylic acids is 1. The molecule has 1 aliphatic heterocycles. The fourth-order valence-corrected chi connectivity index (χ4v) is 4.84. The molecule has 1 aliphatic rings. The predicted octanol–water partition coefficient (Wildman–Crippen LogP) is 3.83. The minimum absolute atomic E-state index is 0.0851. The van der Waals surface area contributed by atoms with Crippen LogP contribution in [-0.4, -0.2) is 61.9 Å². The highest BCUT2D eigenvalue weighted by Gasteiger charge is 2.31. The van der Waals surface area contributed by atoms with Gasteiger partial charge >= 0.3 is 0 Å². The molecule has 0 N–H and O–H groups in total. The lowest BCUT2D eigenvalue weighted by molar-refractivity contribution is -0.132. The lowest BCUT2D eigenvalue weighted by atomic mass is 9.90. The van der Waals surface area contributed by atoms with Crippen LogP contribution in [0.4, 0.5) is 10.2 Å². The number of halogens is 1. The normalized spacial score (nSPS) is 13.9. The zero-order chi connectivity index (χ0) is 25.2. The van der Waals surface area contributed by atoms with Crippen molar-refractivity contribution < 1.29 is 9.18 Å². The molecule has 0 spiro atoms. The van der Waals surface area contributed by atoms with E-state index in [0.29, 0.717) is 48.8 Å². The van der Waals surface area contributed by atoms with E-state index in [1.165, 1.54) is 23.1 Å². The van der Waals surface area contributed by atoms with E-state index >= 15 is 0 Å². The fraction of sp³-hybridized carbons (Fsp3) is 0.179. The summed E-state index contributed by atoms with van der Waals surface area (Å²) in [5.74, 6) is 0.0238. The maximum atomic E-state index is 13.8. The van der Waals surface area contributed by atoms with Crippen LogP contribution in [0.15, 0.2) is 91.3 Å². The van der Waals surface area contributed by atoms with Gasteiger partial charge in [0.05, 0.1) is 11.6 Å². The largest absolute Gasteiger partial charge is 0.351 e. The first-order valence-electron chi connectivity index (χ1n) is 12.1. The Hall–Kier alpha value is -4.66. The second-order valence-electron chi connectivity index (χ2n) is 8.92. The fourth-order valence-electron chi connectivity index (χ4n) is 4.84. The number of aromatic nitrogens is 5. The maximum absolute atomic E-state index is 13.8. The molecule has 1 fully saturated rings. The smallest absolute Gasteiger partial charge is 0.234 e. The Morgan fingerprint density at radius 2 is 1.49 bits per heavy atom. The average Bonchev–Trinajstić information content (AvgIpc) is 3.39. The predicted molar refractivity (Wildman–Crippen MR) is 138 cm³/mol. The highest BCUT2D eigenvalue weighted by Crippen LogP contribution is 2.29. The molecule has 1 saturated heterocycles. The van der Waals surface area contributed by atoms with Crippen molar-refractivity contribution in [3.05, 3.63) is 108 Å². The molecule has 9 heteroatoms. The van der Waals surface area contributed by atoms with E-state index in [4.69, 9.17) is 0 Å². The Morgan fingerprint density at radius 3 is 2.14 bits per heavy atom. The van der Waals surface area contributed by atoms with Crippen LogP contribution in [0.1, 0.15) is 17.0 Å².